The first kappa shape index (κ1) is 17.4. The minimum atomic E-state index is -1.11. The van der Waals surface area contributed by atoms with Crippen molar-refractivity contribution in [2.75, 3.05) is 0 Å². The van der Waals surface area contributed by atoms with E-state index in [1.807, 2.05) is 60.7 Å². The Morgan fingerprint density at radius 1 is 0.960 bits per heavy atom. The summed E-state index contributed by atoms with van der Waals surface area (Å²) in [6, 6.07) is 18.5. The van der Waals surface area contributed by atoms with E-state index in [1.54, 1.807) is 0 Å². The molecule has 4 N–H and O–H groups in total. The predicted molar refractivity (Wildman–Crippen MR) is 94.0 cm³/mol. The average molecular weight is 339 g/mol. The number of hydrogen-bond acceptors (Lipinski definition) is 4. The maximum Gasteiger partial charge on any atom is 0.331 e. The Balaban J connectivity index is 1.95. The van der Waals surface area contributed by atoms with Gasteiger partial charge in [-0.25, -0.2) is 4.79 Å². The Hall–Kier alpha value is -2.47. The van der Waals surface area contributed by atoms with Gasteiger partial charge in [-0.2, -0.15) is 0 Å². The first-order valence-corrected chi connectivity index (χ1v) is 8.22. The van der Waals surface area contributed by atoms with Gasteiger partial charge in [0.05, 0.1) is 24.3 Å². The zero-order chi connectivity index (χ0) is 17.8. The Morgan fingerprint density at radius 3 is 1.96 bits per heavy atom. The third-order valence-electron chi connectivity index (χ3n) is 4.47. The summed E-state index contributed by atoms with van der Waals surface area (Å²) in [6.07, 6.45) is -0.743. The minimum Gasteiger partial charge on any atom is -0.478 e. The number of carboxylic acid groups (broad SMARTS) is 1. The first-order chi connectivity index (χ1) is 12.1. The van der Waals surface area contributed by atoms with Crippen molar-refractivity contribution in [3.05, 3.63) is 83.4 Å². The molecule has 0 amide bonds. The Labute approximate surface area is 146 Å². The zero-order valence-corrected chi connectivity index (χ0v) is 13.6. The Morgan fingerprint density at radius 2 is 1.48 bits per heavy atom. The molecule has 0 radical (unpaired) electrons. The van der Waals surface area contributed by atoms with E-state index in [9.17, 15) is 20.1 Å². The Kier molecular flexibility index (Phi) is 5.28. The molecule has 0 spiro atoms. The lowest BCUT2D eigenvalue weighted by Gasteiger charge is -2.33. The zero-order valence-electron chi connectivity index (χ0n) is 13.6. The van der Waals surface area contributed by atoms with Crippen molar-refractivity contribution in [3.63, 3.8) is 0 Å². The molecule has 0 bridgehead atoms. The minimum absolute atomic E-state index is 0.0595. The molecule has 0 saturated carbocycles. The number of carboxylic acids is 1. The van der Waals surface area contributed by atoms with E-state index < -0.39 is 24.2 Å². The van der Waals surface area contributed by atoms with Gasteiger partial charge in [-0.1, -0.05) is 66.7 Å². The number of rotatable bonds is 5. The third-order valence-corrected chi connectivity index (χ3v) is 4.47. The normalized spacial score (nSPS) is 23.3. The number of hydrogen-bond donors (Lipinski definition) is 4. The second-order valence-electron chi connectivity index (χ2n) is 6.21. The van der Waals surface area contributed by atoms with Crippen LogP contribution in [-0.4, -0.2) is 39.5 Å². The molecule has 1 aliphatic carbocycles. The van der Waals surface area contributed by atoms with Crippen molar-refractivity contribution < 1.29 is 20.1 Å². The lowest BCUT2D eigenvalue weighted by atomic mass is 9.88. The molecule has 25 heavy (non-hydrogen) atoms. The molecule has 2 aromatic rings. The summed E-state index contributed by atoms with van der Waals surface area (Å²) in [5, 5.41) is 32.9. The van der Waals surface area contributed by atoms with Crippen LogP contribution in [0.15, 0.2) is 72.3 Å². The van der Waals surface area contributed by atoms with E-state index in [-0.39, 0.29) is 18.0 Å². The molecular formula is C20H21NO4. The molecule has 130 valence electrons. The van der Waals surface area contributed by atoms with E-state index in [4.69, 9.17) is 0 Å². The number of aliphatic carboxylic acids is 1. The van der Waals surface area contributed by atoms with Gasteiger partial charge in [0.25, 0.3) is 0 Å². The van der Waals surface area contributed by atoms with E-state index >= 15 is 0 Å². The number of nitrogens with one attached hydrogen (secondary N) is 1. The van der Waals surface area contributed by atoms with Crippen LogP contribution >= 0.6 is 0 Å². The molecule has 5 heteroatoms. The molecule has 5 nitrogen and oxygen atoms in total. The third kappa shape index (κ3) is 3.96. The SMILES string of the molecule is O=C(O)C1=CC(NC(c2ccccc2)c2ccccc2)C(O)C(O)C1. The van der Waals surface area contributed by atoms with E-state index in [0.717, 1.165) is 11.1 Å². The van der Waals surface area contributed by atoms with Crippen molar-refractivity contribution in [1.29, 1.82) is 0 Å². The summed E-state index contributed by atoms with van der Waals surface area (Å²) in [4.78, 5) is 11.3. The van der Waals surface area contributed by atoms with Crippen LogP contribution in [0.25, 0.3) is 0 Å². The van der Waals surface area contributed by atoms with Crippen LogP contribution in [0, 0.1) is 0 Å². The number of carbonyl (C=O) groups is 1. The van der Waals surface area contributed by atoms with Crippen molar-refractivity contribution in [1.82, 2.24) is 5.32 Å². The maximum atomic E-state index is 11.3. The Bertz CT molecular complexity index is 705. The van der Waals surface area contributed by atoms with E-state index in [2.05, 4.69) is 5.32 Å². The maximum absolute atomic E-state index is 11.3. The molecule has 3 rings (SSSR count). The van der Waals surface area contributed by atoms with Crippen LogP contribution in [0.4, 0.5) is 0 Å². The molecule has 3 unspecified atom stereocenters. The summed E-state index contributed by atoms with van der Waals surface area (Å²) in [5.74, 6) is -1.08. The molecule has 0 fully saturated rings. The van der Waals surface area contributed by atoms with Gasteiger partial charge in [-0.15, -0.1) is 0 Å². The van der Waals surface area contributed by atoms with Gasteiger partial charge in [0.15, 0.2) is 0 Å². The van der Waals surface area contributed by atoms with Crippen LogP contribution in [-0.2, 0) is 4.79 Å². The second kappa shape index (κ2) is 7.61. The number of aliphatic hydroxyl groups is 2. The predicted octanol–water partition coefficient (Wildman–Crippen LogP) is 1.87. The molecule has 0 aromatic heterocycles. The van der Waals surface area contributed by atoms with Gasteiger partial charge in [0, 0.05) is 12.0 Å². The molecule has 0 heterocycles. The van der Waals surface area contributed by atoms with Crippen molar-refractivity contribution in [3.8, 4) is 0 Å². The van der Waals surface area contributed by atoms with Gasteiger partial charge in [0.2, 0.25) is 0 Å². The van der Waals surface area contributed by atoms with E-state index in [0.29, 0.717) is 0 Å². The van der Waals surface area contributed by atoms with Crippen LogP contribution in [0.1, 0.15) is 23.6 Å². The van der Waals surface area contributed by atoms with Crippen molar-refractivity contribution in [2.45, 2.75) is 30.7 Å². The summed E-state index contributed by atoms with van der Waals surface area (Å²) in [6.45, 7) is 0. The molecule has 1 aliphatic rings. The summed E-state index contributed by atoms with van der Waals surface area (Å²) < 4.78 is 0. The number of aliphatic hydroxyl groups excluding tert-OH is 2. The second-order valence-corrected chi connectivity index (χ2v) is 6.21. The molecular weight excluding hydrogens is 318 g/mol. The van der Waals surface area contributed by atoms with Crippen molar-refractivity contribution >= 4 is 5.97 Å². The van der Waals surface area contributed by atoms with Crippen molar-refractivity contribution in [2.24, 2.45) is 0 Å². The summed E-state index contributed by atoms with van der Waals surface area (Å²) in [5.41, 5.74) is 2.09. The number of benzene rings is 2. The van der Waals surface area contributed by atoms with Crippen LogP contribution in [0.3, 0.4) is 0 Å². The average Bonchev–Trinajstić information content (AvgIpc) is 2.64. The molecule has 3 atom stereocenters. The first-order valence-electron chi connectivity index (χ1n) is 8.22. The molecule has 0 saturated heterocycles. The lowest BCUT2D eigenvalue weighted by Crippen LogP contribution is -2.49. The summed E-state index contributed by atoms with van der Waals surface area (Å²) >= 11 is 0. The van der Waals surface area contributed by atoms with Gasteiger partial charge >= 0.3 is 5.97 Å². The largest absolute Gasteiger partial charge is 0.478 e. The quantitative estimate of drug-likeness (QED) is 0.668. The smallest absolute Gasteiger partial charge is 0.331 e. The standard InChI is InChI=1S/C20H21NO4/c22-17-12-15(20(24)25)11-16(19(17)23)21-18(13-7-3-1-4-8-13)14-9-5-2-6-10-14/h1-11,16-19,21-23H,12H2,(H,24,25). The fourth-order valence-electron chi connectivity index (χ4n) is 3.14. The van der Waals surface area contributed by atoms with Gasteiger partial charge < -0.3 is 15.3 Å². The van der Waals surface area contributed by atoms with Crippen LogP contribution in [0.5, 0.6) is 0 Å². The lowest BCUT2D eigenvalue weighted by molar-refractivity contribution is -0.133. The highest BCUT2D eigenvalue weighted by Crippen LogP contribution is 2.26. The topological polar surface area (TPSA) is 89.8 Å². The highest BCUT2D eigenvalue weighted by atomic mass is 16.4. The fraction of sp³-hybridized carbons (Fsp3) is 0.250. The highest BCUT2D eigenvalue weighted by Gasteiger charge is 2.34. The fourth-order valence-corrected chi connectivity index (χ4v) is 3.14. The van der Waals surface area contributed by atoms with E-state index in [1.165, 1.54) is 6.08 Å². The monoisotopic (exact) mass is 339 g/mol. The highest BCUT2D eigenvalue weighted by molar-refractivity contribution is 5.87. The van der Waals surface area contributed by atoms with Gasteiger partial charge in [-0.05, 0) is 11.1 Å². The van der Waals surface area contributed by atoms with Gasteiger partial charge in [-0.3, -0.25) is 5.32 Å². The van der Waals surface area contributed by atoms with Crippen LogP contribution in [0.2, 0.25) is 0 Å². The summed E-state index contributed by atoms with van der Waals surface area (Å²) in [7, 11) is 0. The van der Waals surface area contributed by atoms with Crippen LogP contribution < -0.4 is 5.32 Å². The molecule has 2 aromatic carbocycles. The molecule has 0 aliphatic heterocycles. The van der Waals surface area contributed by atoms with Gasteiger partial charge in [0.1, 0.15) is 0 Å².